The first-order valence-corrected chi connectivity index (χ1v) is 6.72. The number of alkyl halides is 1. The summed E-state index contributed by atoms with van der Waals surface area (Å²) >= 11 is 5.83. The van der Waals surface area contributed by atoms with E-state index < -0.39 is 0 Å². The Morgan fingerprint density at radius 3 is 2.65 bits per heavy atom. The molecule has 0 spiro atoms. The molecule has 1 aliphatic heterocycles. The first-order valence-electron chi connectivity index (χ1n) is 6.18. The minimum atomic E-state index is 0.139. The van der Waals surface area contributed by atoms with Gasteiger partial charge in [-0.05, 0) is 36.5 Å². The number of amides is 1. The molecule has 1 amide bonds. The van der Waals surface area contributed by atoms with Gasteiger partial charge in [-0.2, -0.15) is 0 Å². The maximum Gasteiger partial charge on any atom is 0.253 e. The number of aryl methyl sites for hydroxylation is 1. The fraction of sp³-hybridized carbons (Fsp3) is 0.500. The lowest BCUT2D eigenvalue weighted by molar-refractivity contribution is 0.0788. The summed E-state index contributed by atoms with van der Waals surface area (Å²) in [7, 11) is 0. The highest BCUT2D eigenvalue weighted by Gasteiger charge is 2.26. The van der Waals surface area contributed by atoms with Crippen molar-refractivity contribution in [3.05, 3.63) is 35.4 Å². The smallest absolute Gasteiger partial charge is 0.253 e. The Morgan fingerprint density at radius 1 is 1.41 bits per heavy atom. The molecule has 0 aliphatic carbocycles. The summed E-state index contributed by atoms with van der Waals surface area (Å²) in [6.45, 7) is 3.76. The van der Waals surface area contributed by atoms with Crippen LogP contribution in [0.25, 0.3) is 0 Å². The van der Waals surface area contributed by atoms with Crippen molar-refractivity contribution in [3.8, 4) is 0 Å². The van der Waals surface area contributed by atoms with E-state index in [4.69, 9.17) is 11.6 Å². The van der Waals surface area contributed by atoms with Crippen LogP contribution in [0.3, 0.4) is 0 Å². The summed E-state index contributed by atoms with van der Waals surface area (Å²) < 4.78 is 0. The van der Waals surface area contributed by atoms with Crippen LogP contribution < -0.4 is 0 Å². The van der Waals surface area contributed by atoms with Crippen molar-refractivity contribution in [2.45, 2.75) is 19.8 Å². The van der Waals surface area contributed by atoms with Gasteiger partial charge in [-0.15, -0.1) is 11.6 Å². The number of halogens is 1. The predicted molar refractivity (Wildman–Crippen MR) is 70.6 cm³/mol. The molecule has 0 saturated carbocycles. The van der Waals surface area contributed by atoms with Gasteiger partial charge in [0.2, 0.25) is 0 Å². The topological polar surface area (TPSA) is 20.3 Å². The molecule has 1 aromatic carbocycles. The van der Waals surface area contributed by atoms with Gasteiger partial charge >= 0.3 is 0 Å². The Hall–Kier alpha value is -1.02. The number of likely N-dealkylation sites (tertiary alicyclic amines) is 1. The molecular formula is C14H18ClNO. The monoisotopic (exact) mass is 251 g/mol. The van der Waals surface area contributed by atoms with Crippen LogP contribution in [0, 0.1) is 5.92 Å². The Bertz CT molecular complexity index is 388. The third kappa shape index (κ3) is 2.81. The average molecular weight is 252 g/mol. The molecule has 2 nitrogen and oxygen atoms in total. The highest BCUT2D eigenvalue weighted by molar-refractivity contribution is 6.18. The number of carbonyl (C=O) groups excluding carboxylic acids is 1. The molecule has 1 saturated heterocycles. The highest BCUT2D eigenvalue weighted by Crippen LogP contribution is 2.19. The third-order valence-corrected chi connectivity index (χ3v) is 3.84. The van der Waals surface area contributed by atoms with Crippen LogP contribution in [-0.2, 0) is 6.42 Å². The van der Waals surface area contributed by atoms with Crippen LogP contribution in [0.5, 0.6) is 0 Å². The second-order valence-electron chi connectivity index (χ2n) is 4.61. The number of carbonyl (C=O) groups is 1. The van der Waals surface area contributed by atoms with Crippen LogP contribution in [0.15, 0.2) is 24.3 Å². The molecule has 1 fully saturated rings. The standard InChI is InChI=1S/C14H18ClNO/c1-2-11-3-5-13(6-4-11)14(17)16-8-7-12(9-15)10-16/h3-6,12H,2,7-10H2,1H3. The molecule has 1 aliphatic rings. The van der Waals surface area contributed by atoms with E-state index in [9.17, 15) is 4.79 Å². The maximum absolute atomic E-state index is 12.2. The zero-order valence-corrected chi connectivity index (χ0v) is 10.9. The summed E-state index contributed by atoms with van der Waals surface area (Å²) in [5, 5.41) is 0. The van der Waals surface area contributed by atoms with E-state index in [0.717, 1.165) is 31.5 Å². The number of benzene rings is 1. The molecule has 2 rings (SSSR count). The van der Waals surface area contributed by atoms with Crippen LogP contribution in [0.2, 0.25) is 0 Å². The van der Waals surface area contributed by atoms with Crippen molar-refractivity contribution in [1.82, 2.24) is 4.90 Å². The third-order valence-electron chi connectivity index (χ3n) is 3.40. The van der Waals surface area contributed by atoms with Crippen LogP contribution >= 0.6 is 11.6 Å². The quantitative estimate of drug-likeness (QED) is 0.757. The van der Waals surface area contributed by atoms with Crippen molar-refractivity contribution in [3.63, 3.8) is 0 Å². The largest absolute Gasteiger partial charge is 0.338 e. The fourth-order valence-electron chi connectivity index (χ4n) is 2.21. The minimum absolute atomic E-state index is 0.139. The maximum atomic E-state index is 12.2. The summed E-state index contributed by atoms with van der Waals surface area (Å²) in [5.74, 6) is 1.26. The Balaban J connectivity index is 2.04. The highest BCUT2D eigenvalue weighted by atomic mass is 35.5. The predicted octanol–water partition coefficient (Wildman–Crippen LogP) is 2.95. The van der Waals surface area contributed by atoms with Crippen molar-refractivity contribution < 1.29 is 4.79 Å². The van der Waals surface area contributed by atoms with Crippen LogP contribution in [-0.4, -0.2) is 29.8 Å². The summed E-state index contributed by atoms with van der Waals surface area (Å²) in [6, 6.07) is 7.91. The number of hydrogen-bond donors (Lipinski definition) is 0. The van der Waals surface area contributed by atoms with Gasteiger partial charge in [0, 0.05) is 24.5 Å². The molecule has 1 unspecified atom stereocenters. The number of hydrogen-bond acceptors (Lipinski definition) is 1. The second-order valence-corrected chi connectivity index (χ2v) is 4.92. The van der Waals surface area contributed by atoms with Crippen molar-refractivity contribution >= 4 is 17.5 Å². The van der Waals surface area contributed by atoms with Gasteiger partial charge < -0.3 is 4.90 Å². The molecular weight excluding hydrogens is 234 g/mol. The van der Waals surface area contributed by atoms with E-state index in [1.807, 2.05) is 29.2 Å². The first-order chi connectivity index (χ1) is 8.24. The lowest BCUT2D eigenvalue weighted by Crippen LogP contribution is -2.28. The van der Waals surface area contributed by atoms with E-state index in [-0.39, 0.29) is 5.91 Å². The van der Waals surface area contributed by atoms with Gasteiger partial charge in [0.1, 0.15) is 0 Å². The molecule has 92 valence electrons. The fourth-order valence-corrected chi connectivity index (χ4v) is 2.46. The Kier molecular flexibility index (Phi) is 4.06. The number of nitrogens with zero attached hydrogens (tertiary/aromatic N) is 1. The van der Waals surface area contributed by atoms with Crippen molar-refractivity contribution in [1.29, 1.82) is 0 Å². The van der Waals surface area contributed by atoms with E-state index >= 15 is 0 Å². The van der Waals surface area contributed by atoms with E-state index in [0.29, 0.717) is 11.8 Å². The SMILES string of the molecule is CCc1ccc(C(=O)N2CCC(CCl)C2)cc1. The van der Waals surface area contributed by atoms with Crippen LogP contribution in [0.1, 0.15) is 29.3 Å². The molecule has 3 heteroatoms. The molecule has 1 atom stereocenters. The van der Waals surface area contributed by atoms with Gasteiger partial charge in [-0.25, -0.2) is 0 Å². The van der Waals surface area contributed by atoms with Gasteiger partial charge in [-0.1, -0.05) is 19.1 Å². The van der Waals surface area contributed by atoms with Gasteiger partial charge in [0.05, 0.1) is 0 Å². The lowest BCUT2D eigenvalue weighted by atomic mass is 10.1. The molecule has 17 heavy (non-hydrogen) atoms. The lowest BCUT2D eigenvalue weighted by Gasteiger charge is -2.16. The summed E-state index contributed by atoms with van der Waals surface area (Å²) in [6.07, 6.45) is 2.04. The number of rotatable bonds is 3. The van der Waals surface area contributed by atoms with E-state index in [1.54, 1.807) is 0 Å². The second kappa shape index (κ2) is 5.54. The molecule has 0 aromatic heterocycles. The molecule has 1 heterocycles. The molecule has 0 bridgehead atoms. The van der Waals surface area contributed by atoms with E-state index in [2.05, 4.69) is 6.92 Å². The van der Waals surface area contributed by atoms with Crippen molar-refractivity contribution in [2.24, 2.45) is 5.92 Å². The van der Waals surface area contributed by atoms with Gasteiger partial charge in [0.25, 0.3) is 5.91 Å². The molecule has 0 N–H and O–H groups in total. The Morgan fingerprint density at radius 2 is 2.12 bits per heavy atom. The zero-order valence-electron chi connectivity index (χ0n) is 10.2. The molecule has 1 aromatic rings. The van der Waals surface area contributed by atoms with Crippen LogP contribution in [0.4, 0.5) is 0 Å². The first kappa shape index (κ1) is 12.4. The average Bonchev–Trinajstić information content (AvgIpc) is 2.87. The minimum Gasteiger partial charge on any atom is -0.338 e. The van der Waals surface area contributed by atoms with Crippen molar-refractivity contribution in [2.75, 3.05) is 19.0 Å². The zero-order chi connectivity index (χ0) is 12.3. The Labute approximate surface area is 108 Å². The van der Waals surface area contributed by atoms with Gasteiger partial charge in [-0.3, -0.25) is 4.79 Å². The summed E-state index contributed by atoms with van der Waals surface area (Å²) in [4.78, 5) is 14.1. The summed E-state index contributed by atoms with van der Waals surface area (Å²) in [5.41, 5.74) is 2.05. The van der Waals surface area contributed by atoms with E-state index in [1.165, 1.54) is 5.56 Å². The van der Waals surface area contributed by atoms with Gasteiger partial charge in [0.15, 0.2) is 0 Å². The normalized spacial score (nSPS) is 19.6. The molecule has 0 radical (unpaired) electrons.